The maximum Gasteiger partial charge on any atom is 0.392 e. The van der Waals surface area contributed by atoms with Crippen LogP contribution in [0.1, 0.15) is 69.2 Å². The van der Waals surface area contributed by atoms with E-state index in [4.69, 9.17) is 9.47 Å². The highest BCUT2D eigenvalue weighted by molar-refractivity contribution is 7.90. The van der Waals surface area contributed by atoms with Crippen molar-refractivity contribution in [2.45, 2.75) is 69.9 Å². The summed E-state index contributed by atoms with van der Waals surface area (Å²) in [6.07, 6.45) is 4.31. The molecule has 0 bridgehead atoms. The Morgan fingerprint density at radius 1 is 1.06 bits per heavy atom. The van der Waals surface area contributed by atoms with Gasteiger partial charge < -0.3 is 24.7 Å². The first-order valence-corrected chi connectivity index (χ1v) is 23.1. The molecule has 2 aliphatic heterocycles. The monoisotopic (exact) mass is 891 g/mol. The van der Waals surface area contributed by atoms with E-state index in [-0.39, 0.29) is 46.1 Å². The van der Waals surface area contributed by atoms with Crippen molar-refractivity contribution < 1.29 is 40.8 Å². The Morgan fingerprint density at radius 3 is 2.57 bits per heavy atom. The number of hydrogen-bond donors (Lipinski definition) is 3. The Bertz CT molecular complexity index is 2570. The Morgan fingerprint density at radius 2 is 1.84 bits per heavy atom. The van der Waals surface area contributed by atoms with Gasteiger partial charge in [0.2, 0.25) is 0 Å². The number of benzene rings is 2. The molecular weight excluding hydrogens is 840 g/mol. The number of alkyl halides is 3. The summed E-state index contributed by atoms with van der Waals surface area (Å²) in [7, 11) is -4.59. The third-order valence-corrected chi connectivity index (χ3v) is 15.3. The second-order valence-electron chi connectivity index (χ2n) is 18.7. The van der Waals surface area contributed by atoms with E-state index in [1.807, 2.05) is 6.07 Å². The Kier molecular flexibility index (Phi) is 11.2. The number of carbonyl (C=O) groups excluding carboxylic acids is 1. The van der Waals surface area contributed by atoms with Crippen molar-refractivity contribution in [1.82, 2.24) is 19.6 Å². The number of sulfonamides is 1. The van der Waals surface area contributed by atoms with Crippen LogP contribution in [0.3, 0.4) is 0 Å². The zero-order valence-electron chi connectivity index (χ0n) is 35.3. The SMILES string of the molecule is CC1(C)CCC(CN2CCN(c3ccc(C(=O)NS(=O)(=O)c4ccc(NCC5CCOCC5)c([N+](=O)[O-])c4)c(Oc4cnc5[nH]ccc5c4)c3)CC2)=C([C@]23CC2[C@@H](C(F)(F)F)C3)C1. The molecule has 336 valence electrons. The van der Waals surface area contributed by atoms with E-state index in [0.717, 1.165) is 55.8 Å². The maximum atomic E-state index is 13.9. The third kappa shape index (κ3) is 8.85. The lowest BCUT2D eigenvalue weighted by atomic mass is 9.62. The lowest BCUT2D eigenvalue weighted by Crippen LogP contribution is -2.47. The zero-order chi connectivity index (χ0) is 44.3. The van der Waals surface area contributed by atoms with Gasteiger partial charge in [-0.3, -0.25) is 19.8 Å². The molecule has 2 aromatic carbocycles. The molecule has 4 fully saturated rings. The number of ether oxygens (including phenoxy) is 2. The van der Waals surface area contributed by atoms with Crippen LogP contribution in [-0.2, 0) is 14.8 Å². The Labute approximate surface area is 363 Å². The number of nitro groups is 1. The van der Waals surface area contributed by atoms with E-state index in [9.17, 15) is 36.5 Å². The molecule has 3 N–H and O–H groups in total. The van der Waals surface area contributed by atoms with Gasteiger partial charge in [-0.15, -0.1) is 0 Å². The molecule has 1 amide bonds. The summed E-state index contributed by atoms with van der Waals surface area (Å²) in [5, 5.41) is 15.9. The topological polar surface area (TPSA) is 172 Å². The van der Waals surface area contributed by atoms with Crippen LogP contribution in [0.5, 0.6) is 11.5 Å². The second-order valence-corrected chi connectivity index (χ2v) is 20.4. The van der Waals surface area contributed by atoms with Gasteiger partial charge in [-0.25, -0.2) is 18.1 Å². The number of fused-ring (bicyclic) bond motifs is 2. The van der Waals surface area contributed by atoms with Gasteiger partial charge in [-0.1, -0.05) is 25.0 Å². The number of pyridine rings is 1. The molecule has 63 heavy (non-hydrogen) atoms. The summed E-state index contributed by atoms with van der Waals surface area (Å²) < 4.78 is 82.1. The smallest absolute Gasteiger partial charge is 0.392 e. The van der Waals surface area contributed by atoms with Crippen LogP contribution in [-0.4, -0.2) is 92.8 Å². The molecule has 4 heterocycles. The van der Waals surface area contributed by atoms with Gasteiger partial charge >= 0.3 is 6.18 Å². The number of allylic oxidation sites excluding steroid dienone is 1. The van der Waals surface area contributed by atoms with E-state index in [1.165, 1.54) is 35.5 Å². The number of nitro benzene ring substituents is 1. The molecule has 1 unspecified atom stereocenters. The van der Waals surface area contributed by atoms with E-state index in [2.05, 4.69) is 43.7 Å². The summed E-state index contributed by atoms with van der Waals surface area (Å²) in [4.78, 5) is 36.8. The van der Waals surface area contributed by atoms with Crippen molar-refractivity contribution in [3.8, 4) is 11.5 Å². The highest BCUT2D eigenvalue weighted by Gasteiger charge is 2.75. The van der Waals surface area contributed by atoms with Gasteiger partial charge in [0.15, 0.2) is 0 Å². The minimum Gasteiger partial charge on any atom is -0.455 e. The first-order chi connectivity index (χ1) is 30.0. The molecule has 3 atom stereocenters. The van der Waals surface area contributed by atoms with E-state index < -0.39 is 43.5 Å². The average Bonchev–Trinajstić information content (AvgIpc) is 3.53. The van der Waals surface area contributed by atoms with E-state index in [0.29, 0.717) is 63.8 Å². The Hall–Kier alpha value is -5.20. The summed E-state index contributed by atoms with van der Waals surface area (Å²) >= 11 is 0. The van der Waals surface area contributed by atoms with Gasteiger partial charge in [-0.2, -0.15) is 13.2 Å². The van der Waals surface area contributed by atoms with Crippen molar-refractivity contribution in [2.75, 3.05) is 62.7 Å². The minimum atomic E-state index is -4.59. The highest BCUT2D eigenvalue weighted by Crippen LogP contribution is 2.78. The van der Waals surface area contributed by atoms with Crippen LogP contribution < -0.4 is 19.7 Å². The number of aromatic amines is 1. The van der Waals surface area contributed by atoms with Gasteiger partial charge in [0, 0.05) is 81.9 Å². The highest BCUT2D eigenvalue weighted by atomic mass is 32.2. The van der Waals surface area contributed by atoms with Crippen molar-refractivity contribution in [1.29, 1.82) is 0 Å². The van der Waals surface area contributed by atoms with Crippen LogP contribution in [0.4, 0.5) is 30.2 Å². The van der Waals surface area contributed by atoms with Crippen LogP contribution >= 0.6 is 0 Å². The maximum absolute atomic E-state index is 13.9. The molecule has 18 heteroatoms. The lowest BCUT2D eigenvalue weighted by Gasteiger charge is -2.45. The fourth-order valence-corrected chi connectivity index (χ4v) is 11.2. The molecule has 2 saturated heterocycles. The third-order valence-electron chi connectivity index (χ3n) is 14.0. The van der Waals surface area contributed by atoms with Crippen LogP contribution in [0.15, 0.2) is 77.0 Å². The molecule has 14 nitrogen and oxygen atoms in total. The van der Waals surface area contributed by atoms with Gasteiger partial charge in [0.25, 0.3) is 21.6 Å². The molecule has 5 aliphatic rings. The molecular formula is C45H52F3N7O7S. The number of H-pyrrole nitrogens is 1. The van der Waals surface area contributed by atoms with Crippen molar-refractivity contribution >= 4 is 44.0 Å². The molecule has 0 radical (unpaired) electrons. The number of rotatable bonds is 13. The number of amides is 1. The number of carbonyl (C=O) groups is 1. The standard InChI is InChI=1S/C45H52F3N7O7S/c1-43(2)11-7-30(35(22-43)44-23-36(44)37(24-44)45(46,47)48)27-53-13-15-54(16-14-53)31-3-5-34(40(20-31)62-32-19-29-8-12-49-41(29)51-26-32)42(56)52-63(59,60)33-4-6-38(39(21-33)55(57)58)50-25-28-9-17-61-18-10-28/h3-6,8,12,19-21,26,28,36-37,50H,7,9-11,13-18,22-25,27H2,1-2H3,(H,49,51)(H,52,56)/t36?,37-,44+/m0/s1. The number of halogens is 3. The summed E-state index contributed by atoms with van der Waals surface area (Å²) in [5.41, 5.74) is 3.41. The second kappa shape index (κ2) is 16.4. The summed E-state index contributed by atoms with van der Waals surface area (Å²) in [5.74, 6) is -1.81. The fraction of sp³-hybridized carbons (Fsp3) is 0.511. The Balaban J connectivity index is 0.917. The normalized spacial score (nSPS) is 24.1. The fourth-order valence-electron chi connectivity index (χ4n) is 10.3. The van der Waals surface area contributed by atoms with Gasteiger partial charge in [-0.05, 0) is 104 Å². The summed E-state index contributed by atoms with van der Waals surface area (Å²) in [6, 6.07) is 12.0. The predicted octanol–water partition coefficient (Wildman–Crippen LogP) is 8.44. The molecule has 2 aromatic heterocycles. The average molecular weight is 892 g/mol. The number of anilines is 2. The quantitative estimate of drug-likeness (QED) is 0.0669. The van der Waals surface area contributed by atoms with Crippen molar-refractivity contribution in [3.05, 3.63) is 87.7 Å². The molecule has 3 aliphatic carbocycles. The molecule has 0 spiro atoms. The minimum absolute atomic E-state index is 0.0633. The lowest BCUT2D eigenvalue weighted by molar-refractivity contribution is -0.384. The number of piperazine rings is 1. The van der Waals surface area contributed by atoms with E-state index in [1.54, 1.807) is 24.4 Å². The summed E-state index contributed by atoms with van der Waals surface area (Å²) in [6.45, 7) is 9.54. The first kappa shape index (κ1) is 43.1. The number of nitrogens with one attached hydrogen (secondary N) is 3. The molecule has 9 rings (SSSR count). The molecule has 2 saturated carbocycles. The number of nitrogens with zero attached hydrogens (tertiary/aromatic N) is 4. The number of hydrogen-bond acceptors (Lipinski definition) is 11. The van der Waals surface area contributed by atoms with Crippen LogP contribution in [0, 0.1) is 38.7 Å². The molecule has 4 aromatic rings. The predicted molar refractivity (Wildman–Crippen MR) is 230 cm³/mol. The van der Waals surface area contributed by atoms with Crippen molar-refractivity contribution in [3.63, 3.8) is 0 Å². The van der Waals surface area contributed by atoms with Gasteiger partial charge in [0.1, 0.15) is 22.8 Å². The zero-order valence-corrected chi connectivity index (χ0v) is 36.1. The number of aromatic nitrogens is 2. The van der Waals surface area contributed by atoms with Gasteiger partial charge in [0.05, 0.1) is 27.5 Å². The largest absolute Gasteiger partial charge is 0.455 e. The van der Waals surface area contributed by atoms with Crippen LogP contribution in [0.25, 0.3) is 11.0 Å². The van der Waals surface area contributed by atoms with Crippen LogP contribution in [0.2, 0.25) is 0 Å². The van der Waals surface area contributed by atoms with Crippen molar-refractivity contribution in [2.24, 2.45) is 28.6 Å². The first-order valence-electron chi connectivity index (χ1n) is 21.7. The van der Waals surface area contributed by atoms with E-state index >= 15 is 0 Å².